The summed E-state index contributed by atoms with van der Waals surface area (Å²) in [6, 6.07) is 9.74. The minimum atomic E-state index is 0.666. The molecule has 0 radical (unpaired) electrons. The Morgan fingerprint density at radius 2 is 1.83 bits per heavy atom. The van der Waals surface area contributed by atoms with Crippen molar-refractivity contribution in [3.8, 4) is 0 Å². The molecule has 1 aromatic carbocycles. The second-order valence-corrected chi connectivity index (χ2v) is 5.62. The van der Waals surface area contributed by atoms with Gasteiger partial charge in [-0.15, -0.1) is 0 Å². The van der Waals surface area contributed by atoms with Crippen LogP contribution in [0.25, 0.3) is 0 Å². The molecule has 3 N–H and O–H groups in total. The summed E-state index contributed by atoms with van der Waals surface area (Å²) in [7, 11) is 0. The summed E-state index contributed by atoms with van der Waals surface area (Å²) in [6.07, 6.45) is 5.42. The summed E-state index contributed by atoms with van der Waals surface area (Å²) >= 11 is 0. The largest absolute Gasteiger partial charge is 0.398 e. The van der Waals surface area contributed by atoms with Gasteiger partial charge < -0.3 is 16.0 Å². The maximum absolute atomic E-state index is 5.96. The van der Waals surface area contributed by atoms with E-state index in [2.05, 4.69) is 22.3 Å². The van der Waals surface area contributed by atoms with E-state index in [0.717, 1.165) is 18.3 Å². The molecule has 1 aliphatic carbocycles. The lowest BCUT2D eigenvalue weighted by molar-refractivity contribution is 0.189. The molecule has 0 bridgehead atoms. The average Bonchev–Trinajstić information content (AvgIpc) is 3.23. The third-order valence-electron chi connectivity index (χ3n) is 4.23. The quantitative estimate of drug-likeness (QED) is 0.797. The molecule has 1 aromatic rings. The Labute approximate surface area is 109 Å². The lowest BCUT2D eigenvalue weighted by Gasteiger charge is -2.32. The van der Waals surface area contributed by atoms with Gasteiger partial charge in [0, 0.05) is 24.3 Å². The number of rotatable bonds is 4. The van der Waals surface area contributed by atoms with E-state index in [1.807, 2.05) is 12.1 Å². The van der Waals surface area contributed by atoms with Crippen LogP contribution in [0.15, 0.2) is 24.3 Å². The Bertz CT molecular complexity index is 392. The summed E-state index contributed by atoms with van der Waals surface area (Å²) in [4.78, 5) is 2.66. The Balaban J connectivity index is 1.45. The molecule has 0 unspecified atom stereocenters. The predicted octanol–water partition coefficient (Wildman–Crippen LogP) is 1.99. The number of para-hydroxylation sites is 1. The first-order valence-electron chi connectivity index (χ1n) is 7.14. The zero-order chi connectivity index (χ0) is 12.4. The first-order valence-corrected chi connectivity index (χ1v) is 7.14. The molecular formula is C15H23N3. The van der Waals surface area contributed by atoms with Crippen molar-refractivity contribution < 1.29 is 0 Å². The van der Waals surface area contributed by atoms with Crippen molar-refractivity contribution in [3.05, 3.63) is 29.8 Å². The van der Waals surface area contributed by atoms with E-state index in [4.69, 9.17) is 5.73 Å². The van der Waals surface area contributed by atoms with Crippen molar-refractivity contribution in [2.45, 2.75) is 44.3 Å². The van der Waals surface area contributed by atoms with Crippen LogP contribution < -0.4 is 11.1 Å². The molecule has 3 nitrogen and oxygen atoms in total. The molecule has 0 aromatic heterocycles. The highest BCUT2D eigenvalue weighted by atomic mass is 15.2. The van der Waals surface area contributed by atoms with E-state index in [0.29, 0.717) is 6.04 Å². The van der Waals surface area contributed by atoms with Gasteiger partial charge in [0.2, 0.25) is 0 Å². The standard InChI is InChI=1S/C15H23N3/c16-15-4-2-1-3-12(15)11-17-13-7-9-18(10-8-13)14-5-6-14/h1-4,13-14,17H,5-11,16H2. The van der Waals surface area contributed by atoms with Gasteiger partial charge >= 0.3 is 0 Å². The van der Waals surface area contributed by atoms with Crippen LogP contribution in [0, 0.1) is 0 Å². The Morgan fingerprint density at radius 1 is 1.11 bits per heavy atom. The predicted molar refractivity (Wildman–Crippen MR) is 75.3 cm³/mol. The highest BCUT2D eigenvalue weighted by Gasteiger charge is 2.31. The number of likely N-dealkylation sites (tertiary alicyclic amines) is 1. The maximum Gasteiger partial charge on any atom is 0.0359 e. The zero-order valence-electron chi connectivity index (χ0n) is 10.9. The van der Waals surface area contributed by atoms with Crippen molar-refractivity contribution >= 4 is 5.69 Å². The molecule has 1 aliphatic heterocycles. The minimum absolute atomic E-state index is 0.666. The fraction of sp³-hybridized carbons (Fsp3) is 0.600. The summed E-state index contributed by atoms with van der Waals surface area (Å²) in [5.74, 6) is 0. The van der Waals surface area contributed by atoms with Gasteiger partial charge in [-0.1, -0.05) is 18.2 Å². The fourth-order valence-electron chi connectivity index (χ4n) is 2.86. The minimum Gasteiger partial charge on any atom is -0.398 e. The number of anilines is 1. The van der Waals surface area contributed by atoms with Crippen LogP contribution in [0.5, 0.6) is 0 Å². The molecule has 1 saturated heterocycles. The van der Waals surface area contributed by atoms with Crippen LogP contribution in [0.2, 0.25) is 0 Å². The number of hydrogen-bond donors (Lipinski definition) is 2. The summed E-state index contributed by atoms with van der Waals surface area (Å²) in [5, 5.41) is 3.65. The molecule has 1 saturated carbocycles. The van der Waals surface area contributed by atoms with Gasteiger partial charge in [0.15, 0.2) is 0 Å². The van der Waals surface area contributed by atoms with Crippen LogP contribution in [-0.4, -0.2) is 30.1 Å². The number of hydrogen-bond acceptors (Lipinski definition) is 3. The fourth-order valence-corrected chi connectivity index (χ4v) is 2.86. The third kappa shape index (κ3) is 2.85. The molecule has 2 fully saturated rings. The second kappa shape index (κ2) is 5.29. The van der Waals surface area contributed by atoms with Crippen LogP contribution in [0.3, 0.4) is 0 Å². The maximum atomic E-state index is 5.96. The number of nitrogen functional groups attached to an aromatic ring is 1. The summed E-state index contributed by atoms with van der Waals surface area (Å²) in [5.41, 5.74) is 8.09. The molecule has 1 heterocycles. The van der Waals surface area contributed by atoms with Crippen LogP contribution in [0.4, 0.5) is 5.69 Å². The van der Waals surface area contributed by atoms with Gasteiger partial charge in [0.1, 0.15) is 0 Å². The lowest BCUT2D eigenvalue weighted by atomic mass is 10.0. The number of benzene rings is 1. The third-order valence-corrected chi connectivity index (χ3v) is 4.23. The number of nitrogens with zero attached hydrogens (tertiary/aromatic N) is 1. The summed E-state index contributed by atoms with van der Waals surface area (Å²) < 4.78 is 0. The van der Waals surface area contributed by atoms with Gasteiger partial charge in [-0.2, -0.15) is 0 Å². The van der Waals surface area contributed by atoms with Crippen molar-refractivity contribution in [1.29, 1.82) is 0 Å². The van der Waals surface area contributed by atoms with E-state index in [9.17, 15) is 0 Å². The van der Waals surface area contributed by atoms with Crippen molar-refractivity contribution in [3.63, 3.8) is 0 Å². The molecule has 18 heavy (non-hydrogen) atoms. The molecule has 0 spiro atoms. The smallest absolute Gasteiger partial charge is 0.0359 e. The summed E-state index contributed by atoms with van der Waals surface area (Å²) in [6.45, 7) is 3.44. The van der Waals surface area contributed by atoms with Crippen molar-refractivity contribution in [1.82, 2.24) is 10.2 Å². The molecule has 3 heteroatoms. The van der Waals surface area contributed by atoms with Crippen LogP contribution >= 0.6 is 0 Å². The second-order valence-electron chi connectivity index (χ2n) is 5.62. The molecular weight excluding hydrogens is 222 g/mol. The Hall–Kier alpha value is -1.06. The number of nitrogens with one attached hydrogen (secondary N) is 1. The highest BCUT2D eigenvalue weighted by Crippen LogP contribution is 2.29. The molecule has 0 amide bonds. The number of nitrogens with two attached hydrogens (primary N) is 1. The zero-order valence-corrected chi connectivity index (χ0v) is 10.9. The average molecular weight is 245 g/mol. The lowest BCUT2D eigenvalue weighted by Crippen LogP contribution is -2.43. The van der Waals surface area contributed by atoms with Gasteiger partial charge in [0.25, 0.3) is 0 Å². The van der Waals surface area contributed by atoms with E-state index in [1.54, 1.807) is 0 Å². The first-order chi connectivity index (χ1) is 8.83. The van der Waals surface area contributed by atoms with Gasteiger partial charge in [-0.25, -0.2) is 0 Å². The van der Waals surface area contributed by atoms with Crippen molar-refractivity contribution in [2.24, 2.45) is 0 Å². The normalized spacial score (nSPS) is 22.2. The highest BCUT2D eigenvalue weighted by molar-refractivity contribution is 5.46. The van der Waals surface area contributed by atoms with E-state index >= 15 is 0 Å². The SMILES string of the molecule is Nc1ccccc1CNC1CCN(C2CC2)CC1. The number of piperidine rings is 1. The van der Waals surface area contributed by atoms with E-state index < -0.39 is 0 Å². The van der Waals surface area contributed by atoms with E-state index in [1.165, 1.54) is 44.3 Å². The van der Waals surface area contributed by atoms with Gasteiger partial charge in [0.05, 0.1) is 0 Å². The topological polar surface area (TPSA) is 41.3 Å². The van der Waals surface area contributed by atoms with Crippen molar-refractivity contribution in [2.75, 3.05) is 18.8 Å². The first kappa shape index (κ1) is 12.0. The van der Waals surface area contributed by atoms with Crippen LogP contribution in [-0.2, 0) is 6.54 Å². The van der Waals surface area contributed by atoms with Crippen LogP contribution in [0.1, 0.15) is 31.2 Å². The Kier molecular flexibility index (Phi) is 3.52. The van der Waals surface area contributed by atoms with Gasteiger partial charge in [-0.05, 0) is 50.4 Å². The Morgan fingerprint density at radius 3 is 2.50 bits per heavy atom. The van der Waals surface area contributed by atoms with E-state index in [-0.39, 0.29) is 0 Å². The molecule has 3 rings (SSSR count). The monoisotopic (exact) mass is 245 g/mol. The molecule has 0 atom stereocenters. The molecule has 98 valence electrons. The van der Waals surface area contributed by atoms with Gasteiger partial charge in [-0.3, -0.25) is 0 Å². The molecule has 2 aliphatic rings.